The summed E-state index contributed by atoms with van der Waals surface area (Å²) in [5.41, 5.74) is 1.12. The maximum Gasteiger partial charge on any atom is 0.253 e. The number of halogens is 2. The van der Waals surface area contributed by atoms with Crippen molar-refractivity contribution in [2.24, 2.45) is 0 Å². The van der Waals surface area contributed by atoms with Crippen molar-refractivity contribution in [3.05, 3.63) is 63.6 Å². The highest BCUT2D eigenvalue weighted by Gasteiger charge is 2.34. The Morgan fingerprint density at radius 1 is 1.13 bits per heavy atom. The highest BCUT2D eigenvalue weighted by Crippen LogP contribution is 2.28. The lowest BCUT2D eigenvalue weighted by atomic mass is 10.1. The first kappa shape index (κ1) is 23.0. The van der Waals surface area contributed by atoms with E-state index in [-0.39, 0.29) is 46.7 Å². The molecule has 2 unspecified atom stereocenters. The van der Waals surface area contributed by atoms with E-state index in [9.17, 15) is 13.2 Å². The van der Waals surface area contributed by atoms with Crippen molar-refractivity contribution in [3.63, 3.8) is 0 Å². The summed E-state index contributed by atoms with van der Waals surface area (Å²) >= 11 is 12.2. The smallest absolute Gasteiger partial charge is 0.253 e. The Morgan fingerprint density at radius 3 is 2.43 bits per heavy atom. The minimum Gasteiger partial charge on any atom is -0.373 e. The fourth-order valence-electron chi connectivity index (χ4n) is 3.50. The van der Waals surface area contributed by atoms with Gasteiger partial charge < -0.3 is 9.64 Å². The van der Waals surface area contributed by atoms with E-state index in [0.29, 0.717) is 11.6 Å². The number of rotatable bonds is 5. The van der Waals surface area contributed by atoms with E-state index in [1.165, 1.54) is 27.4 Å². The van der Waals surface area contributed by atoms with Gasteiger partial charge >= 0.3 is 0 Å². The first-order valence-electron chi connectivity index (χ1n) is 9.53. The van der Waals surface area contributed by atoms with Crippen LogP contribution >= 0.6 is 23.2 Å². The van der Waals surface area contributed by atoms with E-state index in [0.717, 1.165) is 5.56 Å². The Bertz CT molecular complexity index is 1040. The fourth-order valence-corrected chi connectivity index (χ4v) is 5.81. The lowest BCUT2D eigenvalue weighted by Crippen LogP contribution is -2.48. The predicted molar refractivity (Wildman–Crippen MR) is 117 cm³/mol. The Labute approximate surface area is 187 Å². The third-order valence-electron chi connectivity index (χ3n) is 4.84. The van der Waals surface area contributed by atoms with Gasteiger partial charge in [0.1, 0.15) is 4.90 Å². The third kappa shape index (κ3) is 5.15. The number of nitrogens with zero attached hydrogens (tertiary/aromatic N) is 2. The van der Waals surface area contributed by atoms with Gasteiger partial charge in [-0.2, -0.15) is 4.31 Å². The fraction of sp³-hybridized carbons (Fsp3) is 0.381. The summed E-state index contributed by atoms with van der Waals surface area (Å²) in [6.45, 7) is 4.45. The topological polar surface area (TPSA) is 66.9 Å². The summed E-state index contributed by atoms with van der Waals surface area (Å²) in [6.07, 6.45) is -0.452. The van der Waals surface area contributed by atoms with Gasteiger partial charge in [0.05, 0.1) is 17.2 Å². The number of carbonyl (C=O) groups is 1. The molecule has 6 nitrogen and oxygen atoms in total. The second-order valence-electron chi connectivity index (χ2n) is 7.52. The number of sulfonamides is 1. The molecule has 1 aliphatic rings. The molecule has 3 rings (SSSR count). The lowest BCUT2D eigenvalue weighted by molar-refractivity contribution is -0.0440. The minimum absolute atomic E-state index is 0.0764. The standard InChI is InChI=1S/C21H24Cl2N2O4S/c1-14-11-25(12-15(2)29-14)30(27,28)20-10-17(7-8-19(20)23)21(26)24(3)13-16-5-4-6-18(22)9-16/h4-10,14-15H,11-13H2,1-3H3. The van der Waals surface area contributed by atoms with Gasteiger partial charge in [-0.3, -0.25) is 4.79 Å². The molecule has 0 bridgehead atoms. The van der Waals surface area contributed by atoms with Crippen LogP contribution in [0.4, 0.5) is 0 Å². The number of amides is 1. The van der Waals surface area contributed by atoms with E-state index in [2.05, 4.69) is 0 Å². The van der Waals surface area contributed by atoms with E-state index < -0.39 is 10.0 Å². The van der Waals surface area contributed by atoms with Gasteiger partial charge in [0.25, 0.3) is 5.91 Å². The van der Waals surface area contributed by atoms with Gasteiger partial charge in [0.2, 0.25) is 10.0 Å². The second kappa shape index (κ2) is 9.24. The molecule has 0 aliphatic carbocycles. The summed E-state index contributed by atoms with van der Waals surface area (Å²) in [5, 5.41) is 0.665. The summed E-state index contributed by atoms with van der Waals surface area (Å²) < 4.78 is 33.4. The van der Waals surface area contributed by atoms with E-state index in [1.54, 1.807) is 19.2 Å². The molecule has 1 fully saturated rings. The minimum atomic E-state index is -3.87. The van der Waals surface area contributed by atoms with Crippen LogP contribution in [0, 0.1) is 0 Å². The van der Waals surface area contributed by atoms with Crippen LogP contribution in [0.5, 0.6) is 0 Å². The van der Waals surface area contributed by atoms with E-state index >= 15 is 0 Å². The summed E-state index contributed by atoms with van der Waals surface area (Å²) in [6, 6.07) is 11.5. The van der Waals surface area contributed by atoms with Crippen molar-refractivity contribution in [1.29, 1.82) is 0 Å². The van der Waals surface area contributed by atoms with Crippen molar-refractivity contribution < 1.29 is 17.9 Å². The maximum absolute atomic E-state index is 13.2. The quantitative estimate of drug-likeness (QED) is 0.660. The molecule has 30 heavy (non-hydrogen) atoms. The number of benzene rings is 2. The van der Waals surface area contributed by atoms with Gasteiger partial charge in [-0.05, 0) is 49.7 Å². The Morgan fingerprint density at radius 2 is 1.80 bits per heavy atom. The zero-order valence-corrected chi connectivity index (χ0v) is 19.3. The molecule has 2 aromatic rings. The van der Waals surface area contributed by atoms with Crippen molar-refractivity contribution in [1.82, 2.24) is 9.21 Å². The Kier molecular flexibility index (Phi) is 7.09. The van der Waals surface area contributed by atoms with Crippen LogP contribution in [0.15, 0.2) is 47.4 Å². The third-order valence-corrected chi connectivity index (χ3v) is 7.39. The van der Waals surface area contributed by atoms with Gasteiger partial charge in [-0.15, -0.1) is 0 Å². The molecule has 1 saturated heterocycles. The highest BCUT2D eigenvalue weighted by molar-refractivity contribution is 7.89. The lowest BCUT2D eigenvalue weighted by Gasteiger charge is -2.34. The maximum atomic E-state index is 13.2. The van der Waals surface area contributed by atoms with Gasteiger partial charge in [-0.25, -0.2) is 8.42 Å². The van der Waals surface area contributed by atoms with Gasteiger partial charge in [-0.1, -0.05) is 35.3 Å². The molecule has 162 valence electrons. The average Bonchev–Trinajstić information content (AvgIpc) is 2.67. The summed E-state index contributed by atoms with van der Waals surface area (Å²) in [7, 11) is -2.22. The molecule has 0 N–H and O–H groups in total. The summed E-state index contributed by atoms with van der Waals surface area (Å²) in [4.78, 5) is 14.4. The first-order chi connectivity index (χ1) is 14.1. The van der Waals surface area contributed by atoms with E-state index in [1.807, 2.05) is 26.0 Å². The molecular formula is C21H24Cl2N2O4S. The molecule has 1 aliphatic heterocycles. The molecule has 0 radical (unpaired) electrons. The van der Waals surface area contributed by atoms with Crippen molar-refractivity contribution in [3.8, 4) is 0 Å². The van der Waals surface area contributed by atoms with Crippen LogP contribution in [0.2, 0.25) is 10.0 Å². The van der Waals surface area contributed by atoms with Crippen molar-refractivity contribution in [2.45, 2.75) is 37.5 Å². The number of hydrogen-bond acceptors (Lipinski definition) is 4. The van der Waals surface area contributed by atoms with Gasteiger partial charge in [0, 0.05) is 37.3 Å². The first-order valence-corrected chi connectivity index (χ1v) is 11.7. The molecule has 0 aromatic heterocycles. The van der Waals surface area contributed by atoms with Crippen molar-refractivity contribution >= 4 is 39.1 Å². The number of morpholine rings is 1. The Balaban J connectivity index is 1.86. The predicted octanol–water partition coefficient (Wildman–Crippen LogP) is 4.06. The van der Waals surface area contributed by atoms with Crippen LogP contribution in [0.25, 0.3) is 0 Å². The monoisotopic (exact) mass is 470 g/mol. The SMILES string of the molecule is CC1CN(S(=O)(=O)c2cc(C(=O)N(C)Cc3cccc(Cl)c3)ccc2Cl)CC(C)O1. The zero-order chi connectivity index (χ0) is 22.1. The molecule has 2 atom stereocenters. The summed E-state index contributed by atoms with van der Waals surface area (Å²) in [5.74, 6) is -0.313. The second-order valence-corrected chi connectivity index (χ2v) is 10.3. The molecular weight excluding hydrogens is 447 g/mol. The average molecular weight is 471 g/mol. The number of hydrogen-bond donors (Lipinski definition) is 0. The van der Waals surface area contributed by atoms with Crippen LogP contribution in [0.3, 0.4) is 0 Å². The molecule has 2 aromatic carbocycles. The zero-order valence-electron chi connectivity index (χ0n) is 17.0. The van der Waals surface area contributed by atoms with Crippen LogP contribution in [0.1, 0.15) is 29.8 Å². The van der Waals surface area contributed by atoms with E-state index in [4.69, 9.17) is 27.9 Å². The number of carbonyl (C=O) groups excluding carboxylic acids is 1. The molecule has 0 spiro atoms. The number of ether oxygens (including phenoxy) is 1. The van der Waals surface area contributed by atoms with Crippen LogP contribution in [-0.4, -0.2) is 55.9 Å². The van der Waals surface area contributed by atoms with Gasteiger partial charge in [0.15, 0.2) is 0 Å². The van der Waals surface area contributed by atoms with Crippen LogP contribution < -0.4 is 0 Å². The largest absolute Gasteiger partial charge is 0.373 e. The van der Waals surface area contributed by atoms with Crippen LogP contribution in [-0.2, 0) is 21.3 Å². The molecule has 1 heterocycles. The molecule has 9 heteroatoms. The van der Waals surface area contributed by atoms with Crippen molar-refractivity contribution in [2.75, 3.05) is 20.1 Å². The highest BCUT2D eigenvalue weighted by atomic mass is 35.5. The normalized spacial score (nSPS) is 20.2. The molecule has 0 saturated carbocycles. The Hall–Kier alpha value is -1.64. The molecule has 1 amide bonds.